The topological polar surface area (TPSA) is 106 Å². The molecule has 146 valence electrons. The largest absolute Gasteiger partial charge is 0.508 e. The quantitative estimate of drug-likeness (QED) is 0.648. The lowest BCUT2D eigenvalue weighted by molar-refractivity contribution is -0.158. The molecule has 1 heterocycles. The highest BCUT2D eigenvalue weighted by molar-refractivity contribution is 5.86. The maximum atomic E-state index is 12.3. The van der Waals surface area contributed by atoms with Crippen LogP contribution in [0.4, 0.5) is 0 Å². The zero-order valence-electron chi connectivity index (χ0n) is 15.7. The van der Waals surface area contributed by atoms with Gasteiger partial charge in [0.2, 0.25) is 0 Å². The Labute approximate surface area is 160 Å². The van der Waals surface area contributed by atoms with E-state index in [9.17, 15) is 19.8 Å². The molecule has 0 spiro atoms. The Morgan fingerprint density at radius 3 is 2.43 bits per heavy atom. The van der Waals surface area contributed by atoms with Crippen molar-refractivity contribution >= 4 is 16.9 Å². The van der Waals surface area contributed by atoms with Crippen LogP contribution in [0.15, 0.2) is 51.7 Å². The summed E-state index contributed by atoms with van der Waals surface area (Å²) >= 11 is 0. The monoisotopic (exact) mass is 384 g/mol. The van der Waals surface area contributed by atoms with Crippen molar-refractivity contribution in [3.63, 3.8) is 0 Å². The number of carbonyl (C=O) groups excluding carboxylic acids is 1. The second kappa shape index (κ2) is 7.26. The molecule has 0 saturated heterocycles. The number of benzene rings is 2. The van der Waals surface area contributed by atoms with Crippen molar-refractivity contribution in [1.82, 2.24) is 0 Å². The molecular weight excluding hydrogens is 364 g/mol. The van der Waals surface area contributed by atoms with Crippen LogP contribution < -0.4 is 10.2 Å². The van der Waals surface area contributed by atoms with E-state index in [1.54, 1.807) is 45.0 Å². The van der Waals surface area contributed by atoms with E-state index >= 15 is 0 Å². The van der Waals surface area contributed by atoms with E-state index in [0.29, 0.717) is 11.3 Å². The summed E-state index contributed by atoms with van der Waals surface area (Å²) in [5, 5.41) is 19.5. The predicted octanol–water partition coefficient (Wildman–Crippen LogP) is 3.59. The molecule has 0 atom stereocenters. The van der Waals surface area contributed by atoms with E-state index in [1.165, 1.54) is 12.1 Å². The average Bonchev–Trinajstić information content (AvgIpc) is 2.61. The van der Waals surface area contributed by atoms with Gasteiger partial charge in [-0.1, -0.05) is 0 Å². The van der Waals surface area contributed by atoms with E-state index in [1.807, 2.05) is 0 Å². The number of phenols is 2. The number of fused-ring (bicyclic) bond motifs is 1. The maximum absolute atomic E-state index is 12.3. The number of rotatable bonds is 5. The number of carbonyl (C=O) groups is 1. The Kier molecular flexibility index (Phi) is 5.00. The Balaban J connectivity index is 1.92. The first kappa shape index (κ1) is 19.3. The van der Waals surface area contributed by atoms with Crippen LogP contribution in [0.5, 0.6) is 17.2 Å². The van der Waals surface area contributed by atoms with Crippen molar-refractivity contribution in [2.75, 3.05) is 6.61 Å². The molecule has 0 saturated carbocycles. The van der Waals surface area contributed by atoms with Gasteiger partial charge in [-0.05, 0) is 45.0 Å². The summed E-state index contributed by atoms with van der Waals surface area (Å²) in [6.07, 6.45) is 0. The first-order valence-electron chi connectivity index (χ1n) is 8.68. The summed E-state index contributed by atoms with van der Waals surface area (Å²) in [6.45, 7) is 5.21. The summed E-state index contributed by atoms with van der Waals surface area (Å²) in [4.78, 5) is 24.3. The standard InChI is InChI=1S/C21H20O7/c1-4-26-20(25)21(2,3)28-14-7-5-12(6-8-14)17-11-16(24)19-15(23)9-13(22)10-18(19)27-17/h5-11,22-23H,4H2,1-3H3. The minimum atomic E-state index is -1.15. The third-order valence-corrected chi connectivity index (χ3v) is 4.07. The zero-order chi connectivity index (χ0) is 20.5. The van der Waals surface area contributed by atoms with Crippen LogP contribution in [0, 0.1) is 0 Å². The van der Waals surface area contributed by atoms with Gasteiger partial charge in [0.05, 0.1) is 6.61 Å². The zero-order valence-corrected chi connectivity index (χ0v) is 15.7. The smallest absolute Gasteiger partial charge is 0.349 e. The highest BCUT2D eigenvalue weighted by Crippen LogP contribution is 2.31. The molecule has 0 aliphatic carbocycles. The third-order valence-electron chi connectivity index (χ3n) is 4.07. The van der Waals surface area contributed by atoms with E-state index in [4.69, 9.17) is 13.9 Å². The van der Waals surface area contributed by atoms with E-state index in [0.717, 1.165) is 6.07 Å². The highest BCUT2D eigenvalue weighted by Gasteiger charge is 2.31. The number of aromatic hydroxyl groups is 2. The summed E-state index contributed by atoms with van der Waals surface area (Å²) in [7, 11) is 0. The summed E-state index contributed by atoms with van der Waals surface area (Å²) < 4.78 is 16.4. The van der Waals surface area contributed by atoms with Crippen LogP contribution in [0.3, 0.4) is 0 Å². The second-order valence-electron chi connectivity index (χ2n) is 6.67. The predicted molar refractivity (Wildman–Crippen MR) is 103 cm³/mol. The average molecular weight is 384 g/mol. The Morgan fingerprint density at radius 2 is 1.79 bits per heavy atom. The molecule has 2 aromatic carbocycles. The molecule has 0 fully saturated rings. The van der Waals surface area contributed by atoms with Gasteiger partial charge < -0.3 is 24.1 Å². The first-order chi connectivity index (χ1) is 13.2. The summed E-state index contributed by atoms with van der Waals surface area (Å²) in [5.41, 5.74) is -0.924. The molecule has 0 radical (unpaired) electrons. The number of hydrogen-bond acceptors (Lipinski definition) is 7. The van der Waals surface area contributed by atoms with Crippen molar-refractivity contribution < 1.29 is 28.9 Å². The van der Waals surface area contributed by atoms with Crippen molar-refractivity contribution in [1.29, 1.82) is 0 Å². The SMILES string of the molecule is CCOC(=O)C(C)(C)Oc1ccc(-c2cc(=O)c3c(O)cc(O)cc3o2)cc1. The van der Waals surface area contributed by atoms with E-state index in [2.05, 4.69) is 0 Å². The van der Waals surface area contributed by atoms with Gasteiger partial charge in [0.15, 0.2) is 11.0 Å². The summed E-state index contributed by atoms with van der Waals surface area (Å²) in [5.74, 6) is -0.325. The fraction of sp³-hybridized carbons (Fsp3) is 0.238. The molecule has 0 aliphatic rings. The Morgan fingerprint density at radius 1 is 1.11 bits per heavy atom. The molecular formula is C21H20O7. The highest BCUT2D eigenvalue weighted by atomic mass is 16.6. The lowest BCUT2D eigenvalue weighted by Crippen LogP contribution is -2.39. The summed E-state index contributed by atoms with van der Waals surface area (Å²) in [6, 6.07) is 10.2. The van der Waals surface area contributed by atoms with Gasteiger partial charge >= 0.3 is 5.97 Å². The van der Waals surface area contributed by atoms with Crippen LogP contribution in [0.1, 0.15) is 20.8 Å². The van der Waals surface area contributed by atoms with Crippen molar-refractivity contribution in [3.8, 4) is 28.6 Å². The van der Waals surface area contributed by atoms with Crippen LogP contribution in [0.2, 0.25) is 0 Å². The maximum Gasteiger partial charge on any atom is 0.349 e. The first-order valence-corrected chi connectivity index (χ1v) is 8.68. The fourth-order valence-electron chi connectivity index (χ4n) is 2.72. The molecule has 3 rings (SSSR count). The lowest BCUT2D eigenvalue weighted by Gasteiger charge is -2.24. The van der Waals surface area contributed by atoms with E-state index < -0.39 is 17.0 Å². The molecule has 0 amide bonds. The van der Waals surface area contributed by atoms with Crippen molar-refractivity contribution in [2.45, 2.75) is 26.4 Å². The fourth-order valence-corrected chi connectivity index (χ4v) is 2.72. The van der Waals surface area contributed by atoms with Gasteiger partial charge in [0.25, 0.3) is 0 Å². The molecule has 0 bridgehead atoms. The second-order valence-corrected chi connectivity index (χ2v) is 6.67. The van der Waals surface area contributed by atoms with Gasteiger partial charge in [-0.15, -0.1) is 0 Å². The molecule has 0 unspecified atom stereocenters. The minimum absolute atomic E-state index is 0.00214. The molecule has 7 nitrogen and oxygen atoms in total. The molecule has 2 N–H and O–H groups in total. The molecule has 3 aromatic rings. The van der Waals surface area contributed by atoms with Gasteiger partial charge in [0.1, 0.15) is 34.0 Å². The Hall–Kier alpha value is -3.48. The lowest BCUT2D eigenvalue weighted by atomic mass is 10.1. The van der Waals surface area contributed by atoms with Gasteiger partial charge in [-0.2, -0.15) is 0 Å². The molecule has 0 aliphatic heterocycles. The minimum Gasteiger partial charge on any atom is -0.508 e. The van der Waals surface area contributed by atoms with Crippen LogP contribution >= 0.6 is 0 Å². The van der Waals surface area contributed by atoms with Gasteiger partial charge in [-0.25, -0.2) is 4.79 Å². The van der Waals surface area contributed by atoms with Crippen molar-refractivity contribution in [3.05, 3.63) is 52.7 Å². The molecule has 28 heavy (non-hydrogen) atoms. The number of ether oxygens (including phenoxy) is 2. The van der Waals surface area contributed by atoms with Crippen LogP contribution in [-0.2, 0) is 9.53 Å². The Bertz CT molecular complexity index is 1080. The molecule has 1 aromatic heterocycles. The van der Waals surface area contributed by atoms with E-state index in [-0.39, 0.29) is 34.8 Å². The normalized spacial score (nSPS) is 11.4. The number of esters is 1. The molecule has 7 heteroatoms. The van der Waals surface area contributed by atoms with Crippen LogP contribution in [-0.4, -0.2) is 28.4 Å². The van der Waals surface area contributed by atoms with Gasteiger partial charge in [-0.3, -0.25) is 4.79 Å². The van der Waals surface area contributed by atoms with Crippen molar-refractivity contribution in [2.24, 2.45) is 0 Å². The number of hydrogen-bond donors (Lipinski definition) is 2. The number of phenolic OH excluding ortho intramolecular Hbond substituents is 2. The third kappa shape index (κ3) is 3.78. The van der Waals surface area contributed by atoms with Crippen LogP contribution in [0.25, 0.3) is 22.3 Å². The van der Waals surface area contributed by atoms with Gasteiger partial charge in [0, 0.05) is 23.8 Å².